The van der Waals surface area contributed by atoms with Crippen molar-refractivity contribution in [1.82, 2.24) is 15.6 Å². The number of carbonyl (C=O) groups is 1. The maximum atomic E-state index is 12.1. The third-order valence-corrected chi connectivity index (χ3v) is 6.01. The zero-order valence-corrected chi connectivity index (χ0v) is 15.8. The Kier molecular flexibility index (Phi) is 5.51. The average molecular weight is 371 g/mol. The van der Waals surface area contributed by atoms with Crippen molar-refractivity contribution >= 4 is 22.9 Å². The smallest absolute Gasteiger partial charge is 0.237 e. The van der Waals surface area contributed by atoms with E-state index in [1.807, 2.05) is 5.51 Å². The Hall–Kier alpha value is -1.92. The van der Waals surface area contributed by atoms with Gasteiger partial charge in [0, 0.05) is 42.3 Å². The van der Waals surface area contributed by atoms with Crippen LogP contribution in [0.15, 0.2) is 35.2 Å². The van der Waals surface area contributed by atoms with Gasteiger partial charge in [-0.25, -0.2) is 4.98 Å². The third-order valence-electron chi connectivity index (χ3n) is 5.43. The average Bonchev–Trinajstić information content (AvgIpc) is 3.15. The minimum absolute atomic E-state index is 0.00792. The van der Waals surface area contributed by atoms with Gasteiger partial charge in [-0.3, -0.25) is 4.79 Å². The lowest BCUT2D eigenvalue weighted by atomic mass is 10.0. The molecule has 2 aromatic rings. The molecule has 0 unspecified atom stereocenters. The molecule has 0 radical (unpaired) electrons. The first-order valence-electron chi connectivity index (χ1n) is 9.57. The van der Waals surface area contributed by atoms with Crippen LogP contribution in [0.1, 0.15) is 32.1 Å². The molecule has 1 aromatic heterocycles. The van der Waals surface area contributed by atoms with E-state index in [0.29, 0.717) is 6.04 Å². The second-order valence-corrected chi connectivity index (χ2v) is 7.91. The Morgan fingerprint density at radius 3 is 2.65 bits per heavy atom. The normalized spacial score (nSPS) is 22.1. The van der Waals surface area contributed by atoms with Gasteiger partial charge in [0.25, 0.3) is 0 Å². The summed E-state index contributed by atoms with van der Waals surface area (Å²) in [5, 5.41) is 8.70. The van der Waals surface area contributed by atoms with Crippen molar-refractivity contribution < 1.29 is 4.79 Å². The summed E-state index contributed by atoms with van der Waals surface area (Å²) < 4.78 is 0. The van der Waals surface area contributed by atoms with Gasteiger partial charge in [0.2, 0.25) is 5.91 Å². The van der Waals surface area contributed by atoms with Gasteiger partial charge >= 0.3 is 0 Å². The van der Waals surface area contributed by atoms with Gasteiger partial charge in [0.05, 0.1) is 17.2 Å². The van der Waals surface area contributed by atoms with Crippen LogP contribution in [0.25, 0.3) is 11.3 Å². The standard InChI is InChI=1S/C20H26N4OS/c25-20-18(3-1-2-10-21-20)23-16-8-11-24(12-9-16)17-6-4-15(5-7-17)19-13-26-14-22-19/h4-7,13-14,16,18,23H,1-3,8-12H2,(H,21,25)/t18-/m0/s1. The summed E-state index contributed by atoms with van der Waals surface area (Å²) in [5.74, 6) is 0.183. The molecule has 6 heteroatoms. The molecule has 1 amide bonds. The maximum Gasteiger partial charge on any atom is 0.237 e. The Bertz CT molecular complexity index is 708. The molecule has 2 fully saturated rings. The van der Waals surface area contributed by atoms with Crippen molar-refractivity contribution in [2.45, 2.75) is 44.2 Å². The van der Waals surface area contributed by atoms with E-state index in [4.69, 9.17) is 0 Å². The molecule has 138 valence electrons. The summed E-state index contributed by atoms with van der Waals surface area (Å²) in [6.45, 7) is 2.89. The SMILES string of the molecule is O=C1NCCCC[C@@H]1NC1CCN(c2ccc(-c3cscn3)cc2)CC1. The monoisotopic (exact) mass is 370 g/mol. The quantitative estimate of drug-likeness (QED) is 0.869. The topological polar surface area (TPSA) is 57.3 Å². The van der Waals surface area contributed by atoms with Gasteiger partial charge < -0.3 is 15.5 Å². The number of aromatic nitrogens is 1. The fraction of sp³-hybridized carbons (Fsp3) is 0.500. The van der Waals surface area contributed by atoms with Crippen molar-refractivity contribution in [2.24, 2.45) is 0 Å². The van der Waals surface area contributed by atoms with Gasteiger partial charge in [-0.2, -0.15) is 0 Å². The fourth-order valence-corrected chi connectivity index (χ4v) is 4.45. The largest absolute Gasteiger partial charge is 0.371 e. The third kappa shape index (κ3) is 4.07. The molecular formula is C20H26N4OS. The van der Waals surface area contributed by atoms with E-state index in [2.05, 4.69) is 50.2 Å². The van der Waals surface area contributed by atoms with Crippen LogP contribution in [-0.4, -0.2) is 42.6 Å². The number of amides is 1. The molecule has 4 rings (SSSR count). The zero-order chi connectivity index (χ0) is 17.8. The van der Waals surface area contributed by atoms with Gasteiger partial charge in [-0.1, -0.05) is 12.1 Å². The molecule has 5 nitrogen and oxygen atoms in total. The summed E-state index contributed by atoms with van der Waals surface area (Å²) in [4.78, 5) is 18.9. The summed E-state index contributed by atoms with van der Waals surface area (Å²) in [6, 6.07) is 9.14. The molecule has 2 aliphatic rings. The Morgan fingerprint density at radius 1 is 1.12 bits per heavy atom. The Morgan fingerprint density at radius 2 is 1.92 bits per heavy atom. The van der Waals surface area contributed by atoms with Crippen molar-refractivity contribution in [1.29, 1.82) is 0 Å². The number of piperidine rings is 1. The van der Waals surface area contributed by atoms with Crippen LogP contribution < -0.4 is 15.5 Å². The highest BCUT2D eigenvalue weighted by atomic mass is 32.1. The van der Waals surface area contributed by atoms with Gasteiger partial charge in [-0.15, -0.1) is 11.3 Å². The summed E-state index contributed by atoms with van der Waals surface area (Å²) in [7, 11) is 0. The zero-order valence-electron chi connectivity index (χ0n) is 15.0. The summed E-state index contributed by atoms with van der Waals surface area (Å²) in [5.41, 5.74) is 5.36. The lowest BCUT2D eigenvalue weighted by Gasteiger charge is -2.35. The Balaban J connectivity index is 1.31. The van der Waals surface area contributed by atoms with E-state index in [9.17, 15) is 4.79 Å². The van der Waals surface area contributed by atoms with Crippen LogP contribution in [0.5, 0.6) is 0 Å². The van der Waals surface area contributed by atoms with Gasteiger partial charge in [-0.05, 0) is 44.2 Å². The van der Waals surface area contributed by atoms with Crippen LogP contribution in [-0.2, 0) is 4.79 Å². The number of hydrogen-bond donors (Lipinski definition) is 2. The molecule has 0 bridgehead atoms. The molecule has 0 aliphatic carbocycles. The van der Waals surface area contributed by atoms with Gasteiger partial charge in [0.1, 0.15) is 0 Å². The molecular weight excluding hydrogens is 344 g/mol. The maximum absolute atomic E-state index is 12.1. The van der Waals surface area contributed by atoms with Crippen LogP contribution in [0, 0.1) is 0 Å². The van der Waals surface area contributed by atoms with E-state index < -0.39 is 0 Å². The van der Waals surface area contributed by atoms with Crippen molar-refractivity contribution in [2.75, 3.05) is 24.5 Å². The lowest BCUT2D eigenvalue weighted by Crippen LogP contribution is -2.51. The summed E-state index contributed by atoms with van der Waals surface area (Å²) in [6.07, 6.45) is 5.35. The van der Waals surface area contributed by atoms with E-state index in [1.165, 1.54) is 11.3 Å². The molecule has 2 saturated heterocycles. The number of thiazole rings is 1. The van der Waals surface area contributed by atoms with Crippen LogP contribution in [0.2, 0.25) is 0 Å². The molecule has 0 spiro atoms. The van der Waals surface area contributed by atoms with Crippen molar-refractivity contribution in [3.05, 3.63) is 35.2 Å². The number of nitrogens with zero attached hydrogens (tertiary/aromatic N) is 2. The highest BCUT2D eigenvalue weighted by Crippen LogP contribution is 2.25. The first-order chi connectivity index (χ1) is 12.8. The number of nitrogens with one attached hydrogen (secondary N) is 2. The number of anilines is 1. The second kappa shape index (κ2) is 8.18. The molecule has 3 heterocycles. The minimum atomic E-state index is -0.00792. The molecule has 0 saturated carbocycles. The van der Waals surface area contributed by atoms with Crippen LogP contribution in [0.4, 0.5) is 5.69 Å². The van der Waals surface area contributed by atoms with E-state index >= 15 is 0 Å². The highest BCUT2D eigenvalue weighted by Gasteiger charge is 2.26. The molecule has 1 aromatic carbocycles. The number of benzene rings is 1. The molecule has 2 aliphatic heterocycles. The molecule has 1 atom stereocenters. The molecule has 26 heavy (non-hydrogen) atoms. The van der Waals surface area contributed by atoms with Crippen molar-refractivity contribution in [3.63, 3.8) is 0 Å². The summed E-state index contributed by atoms with van der Waals surface area (Å²) >= 11 is 1.63. The molecule has 2 N–H and O–H groups in total. The number of rotatable bonds is 4. The predicted octanol–water partition coefficient (Wildman–Crippen LogP) is 3.04. The number of carbonyl (C=O) groups excluding carboxylic acids is 1. The Labute approximate surface area is 158 Å². The van der Waals surface area contributed by atoms with E-state index in [0.717, 1.165) is 57.4 Å². The highest BCUT2D eigenvalue weighted by molar-refractivity contribution is 7.07. The second-order valence-electron chi connectivity index (χ2n) is 7.19. The van der Waals surface area contributed by atoms with E-state index in [-0.39, 0.29) is 11.9 Å². The predicted molar refractivity (Wildman–Crippen MR) is 107 cm³/mol. The van der Waals surface area contributed by atoms with Crippen LogP contribution >= 0.6 is 11.3 Å². The van der Waals surface area contributed by atoms with Gasteiger partial charge in [0.15, 0.2) is 0 Å². The number of hydrogen-bond acceptors (Lipinski definition) is 5. The first-order valence-corrected chi connectivity index (χ1v) is 10.5. The van der Waals surface area contributed by atoms with Crippen molar-refractivity contribution in [3.8, 4) is 11.3 Å². The fourth-order valence-electron chi connectivity index (χ4n) is 3.89. The van der Waals surface area contributed by atoms with Crippen LogP contribution in [0.3, 0.4) is 0 Å². The first kappa shape index (κ1) is 17.5. The lowest BCUT2D eigenvalue weighted by molar-refractivity contribution is -0.123. The van der Waals surface area contributed by atoms with E-state index in [1.54, 1.807) is 11.3 Å². The minimum Gasteiger partial charge on any atom is -0.371 e.